The van der Waals surface area contributed by atoms with Crippen molar-refractivity contribution in [2.75, 3.05) is 24.7 Å². The summed E-state index contributed by atoms with van der Waals surface area (Å²) in [5, 5.41) is 65.7. The van der Waals surface area contributed by atoms with Gasteiger partial charge in [0.1, 0.15) is 47.7 Å². The SMILES string of the molecule is Nc1nc([O-])c2ncn([C@@H]3O[C@H](COP(=O)([O-])OP(=O)(O)OP(=O)(O)OC[C@H]4O[C@H](n5cnc6c([O-])nc(N)nc65)[C@H](O)[C@@H]4O)[C@@H](O)[C@H]3O)c2n1. The van der Waals surface area contributed by atoms with Gasteiger partial charge in [0.05, 0.1) is 25.9 Å². The van der Waals surface area contributed by atoms with E-state index in [0.29, 0.717) is 0 Å². The average Bonchev–Trinajstić information content (AvgIpc) is 3.76. The Hall–Kier alpha value is -3.53. The molecule has 2 aliphatic rings. The molecule has 0 amide bonds. The Morgan fingerprint density at radius 1 is 0.706 bits per heavy atom. The summed E-state index contributed by atoms with van der Waals surface area (Å²) in [6.07, 6.45) is -11.6. The molecule has 2 aliphatic heterocycles. The van der Waals surface area contributed by atoms with E-state index in [9.17, 15) is 59.0 Å². The minimum atomic E-state index is -6.07. The highest BCUT2D eigenvalue weighted by Crippen LogP contribution is 2.66. The average molecular weight is 785 g/mol. The molecule has 2 fully saturated rings. The van der Waals surface area contributed by atoms with E-state index in [0.717, 1.165) is 21.8 Å². The monoisotopic (exact) mass is 785 g/mol. The van der Waals surface area contributed by atoms with Crippen molar-refractivity contribution in [2.24, 2.45) is 0 Å². The van der Waals surface area contributed by atoms with E-state index in [4.69, 9.17) is 20.9 Å². The van der Waals surface area contributed by atoms with E-state index in [1.54, 1.807) is 0 Å². The summed E-state index contributed by atoms with van der Waals surface area (Å²) in [5.74, 6) is -2.60. The second-order valence-corrected chi connectivity index (χ2v) is 15.2. The number of ether oxygens (including phenoxy) is 2. The molecule has 28 nitrogen and oxygen atoms in total. The molecule has 51 heavy (non-hydrogen) atoms. The van der Waals surface area contributed by atoms with Crippen molar-refractivity contribution in [3.05, 3.63) is 12.7 Å². The summed E-state index contributed by atoms with van der Waals surface area (Å²) in [6.45, 7) is -2.29. The maximum absolute atomic E-state index is 12.4. The maximum atomic E-state index is 12.4. The molecule has 0 saturated carbocycles. The van der Waals surface area contributed by atoms with E-state index in [1.807, 2.05) is 0 Å². The molecule has 0 aromatic carbocycles. The lowest BCUT2D eigenvalue weighted by Gasteiger charge is -2.26. The van der Waals surface area contributed by atoms with E-state index in [-0.39, 0.29) is 22.3 Å². The van der Waals surface area contributed by atoms with E-state index in [2.05, 4.69) is 47.6 Å². The Morgan fingerprint density at radius 3 is 1.59 bits per heavy atom. The molecular weight excluding hydrogens is 761 g/mol. The molecule has 10 N–H and O–H groups in total. The van der Waals surface area contributed by atoms with Gasteiger partial charge in [-0.05, 0) is 0 Å². The van der Waals surface area contributed by atoms with Crippen molar-refractivity contribution < 1.29 is 86.2 Å². The highest BCUT2D eigenvalue weighted by atomic mass is 31.3. The van der Waals surface area contributed by atoms with Crippen molar-refractivity contribution in [1.29, 1.82) is 0 Å². The molecule has 6 rings (SSSR count). The molecule has 0 aliphatic carbocycles. The van der Waals surface area contributed by atoms with Gasteiger partial charge in [-0.1, -0.05) is 0 Å². The first-order valence-corrected chi connectivity index (χ1v) is 18.3. The van der Waals surface area contributed by atoms with Gasteiger partial charge in [-0.25, -0.2) is 33.4 Å². The number of nitrogen functional groups attached to an aromatic ring is 2. The smallest absolute Gasteiger partial charge is 0.487 e. The zero-order valence-electron chi connectivity index (χ0n) is 24.8. The topological polar surface area (TPSA) is 436 Å². The van der Waals surface area contributed by atoms with E-state index in [1.165, 1.54) is 0 Å². The Kier molecular flexibility index (Phi) is 9.83. The normalized spacial score (nSPS) is 30.4. The summed E-state index contributed by atoms with van der Waals surface area (Å²) >= 11 is 0. The van der Waals surface area contributed by atoms with E-state index >= 15 is 0 Å². The van der Waals surface area contributed by atoms with Gasteiger partial charge < -0.3 is 70.8 Å². The second kappa shape index (κ2) is 13.5. The number of nitrogens with zero attached hydrogens (tertiary/aromatic N) is 8. The van der Waals surface area contributed by atoms with Crippen molar-refractivity contribution >= 4 is 57.7 Å². The first-order valence-electron chi connectivity index (χ1n) is 13.8. The fourth-order valence-electron chi connectivity index (χ4n) is 5.03. The fraction of sp³-hybridized carbons (Fsp3) is 0.500. The first kappa shape index (κ1) is 37.2. The number of aromatic nitrogens is 8. The molecule has 2 saturated heterocycles. The highest BCUT2D eigenvalue weighted by Gasteiger charge is 2.48. The van der Waals surface area contributed by atoms with Gasteiger partial charge in [-0.2, -0.15) is 14.3 Å². The Bertz CT molecular complexity index is 1960. The van der Waals surface area contributed by atoms with Gasteiger partial charge in [0, 0.05) is 11.8 Å². The molecule has 0 radical (unpaired) electrons. The van der Waals surface area contributed by atoms with Crippen LogP contribution in [0.15, 0.2) is 12.7 Å². The third-order valence-electron chi connectivity index (χ3n) is 7.24. The van der Waals surface area contributed by atoms with Gasteiger partial charge in [-0.3, -0.25) is 18.2 Å². The lowest BCUT2D eigenvalue weighted by molar-refractivity contribution is -0.273. The number of aliphatic hydroxyl groups excluding tert-OH is 4. The molecule has 11 atom stereocenters. The van der Waals surface area contributed by atoms with Crippen LogP contribution in [0.4, 0.5) is 11.9 Å². The van der Waals surface area contributed by atoms with Crippen LogP contribution in [-0.2, 0) is 40.8 Å². The number of phosphoric acid groups is 3. The van der Waals surface area contributed by atoms with Crippen LogP contribution in [0.2, 0.25) is 0 Å². The van der Waals surface area contributed by atoms with Gasteiger partial charge >= 0.3 is 15.6 Å². The number of anilines is 2. The Morgan fingerprint density at radius 2 is 1.14 bits per heavy atom. The molecule has 4 aromatic heterocycles. The largest absolute Gasteiger partial charge is 0.857 e. The molecular formula is C20H24N10O18P3-3. The minimum absolute atomic E-state index is 0.194. The van der Waals surface area contributed by atoms with Crippen molar-refractivity contribution in [1.82, 2.24) is 39.0 Å². The van der Waals surface area contributed by atoms with Gasteiger partial charge in [0.15, 0.2) is 23.8 Å². The minimum Gasteiger partial charge on any atom is -0.857 e. The molecule has 3 unspecified atom stereocenters. The van der Waals surface area contributed by atoms with Crippen LogP contribution in [0, 0.1) is 0 Å². The van der Waals surface area contributed by atoms with Crippen molar-refractivity contribution in [3.8, 4) is 11.8 Å². The molecule has 280 valence electrons. The third kappa shape index (κ3) is 7.53. The number of imidazole rings is 2. The number of nitrogens with two attached hydrogens (primary N) is 2. The summed E-state index contributed by atoms with van der Waals surface area (Å²) in [7, 11) is -17.7. The van der Waals surface area contributed by atoms with Crippen molar-refractivity contribution in [3.63, 3.8) is 0 Å². The number of aliphatic hydroxyl groups is 4. The van der Waals surface area contributed by atoms with Crippen LogP contribution >= 0.6 is 23.5 Å². The number of hydrogen-bond acceptors (Lipinski definition) is 24. The Balaban J connectivity index is 1.04. The molecule has 0 bridgehead atoms. The van der Waals surface area contributed by atoms with Crippen LogP contribution in [0.5, 0.6) is 11.8 Å². The number of phosphoric ester groups is 2. The lowest BCUT2D eigenvalue weighted by atomic mass is 10.1. The maximum Gasteiger partial charge on any atom is 0.487 e. The van der Waals surface area contributed by atoms with Crippen LogP contribution in [0.25, 0.3) is 22.3 Å². The van der Waals surface area contributed by atoms with Crippen LogP contribution < -0.4 is 26.6 Å². The predicted octanol–water partition coefficient (Wildman–Crippen LogP) is -5.05. The Labute approximate surface area is 281 Å². The first-order chi connectivity index (χ1) is 23.8. The summed E-state index contributed by atoms with van der Waals surface area (Å²) in [6, 6.07) is 0. The second-order valence-electron chi connectivity index (χ2n) is 10.7. The van der Waals surface area contributed by atoms with Crippen LogP contribution in [0.3, 0.4) is 0 Å². The van der Waals surface area contributed by atoms with E-state index < -0.39 is 109 Å². The molecule has 4 aromatic rings. The predicted molar refractivity (Wildman–Crippen MR) is 152 cm³/mol. The standard InChI is InChI=1S/C20H27N10O18P3/c21-19-25-13-7(15(35)27-19)23-3-29(13)17-11(33)9(31)5(45-17)1-43-49(37,38)47-51(41,42)48-50(39,40)44-2-6-10(32)12(34)18(46-6)30-4-24-8-14(30)26-20(22)28-16(8)36/h3-6,9-12,17-18,31-34H,1-2H2,(H,37,38)(H,39,40)(H,41,42)(H3,21,25,27,35)(H3,22,26,28,36)/p-3/t5-,6-,9-,10-,11-,12-,17-,18+/m1/s1. The summed E-state index contributed by atoms with van der Waals surface area (Å²) < 4.78 is 66.8. The zero-order valence-corrected chi connectivity index (χ0v) is 27.5. The number of rotatable bonds is 12. The molecule has 0 spiro atoms. The van der Waals surface area contributed by atoms with Crippen molar-refractivity contribution in [2.45, 2.75) is 49.1 Å². The number of fused-ring (bicyclic) bond motifs is 2. The van der Waals surface area contributed by atoms with Crippen LogP contribution in [-0.4, -0.2) is 119 Å². The highest BCUT2D eigenvalue weighted by molar-refractivity contribution is 7.66. The van der Waals surface area contributed by atoms with Crippen LogP contribution in [0.1, 0.15) is 12.5 Å². The quantitative estimate of drug-likeness (QED) is 0.0623. The summed E-state index contributed by atoms with van der Waals surface area (Å²) in [5.41, 5.74) is 10.0. The molecule has 6 heterocycles. The zero-order chi connectivity index (χ0) is 37.2. The van der Waals surface area contributed by atoms with Gasteiger partial charge in [0.25, 0.3) is 7.82 Å². The molecule has 31 heteroatoms. The number of hydrogen-bond donors (Lipinski definition) is 8. The van der Waals surface area contributed by atoms with Gasteiger partial charge in [0.2, 0.25) is 11.9 Å². The fourth-order valence-corrected chi connectivity index (χ4v) is 8.51. The third-order valence-corrected chi connectivity index (χ3v) is 11.5. The lowest BCUT2D eigenvalue weighted by Crippen LogP contribution is -2.34. The van der Waals surface area contributed by atoms with Gasteiger partial charge in [-0.15, -0.1) is 0 Å². The summed E-state index contributed by atoms with van der Waals surface area (Å²) in [4.78, 5) is 54.2.